The van der Waals surface area contributed by atoms with Gasteiger partial charge in [0.15, 0.2) is 0 Å². The van der Waals surface area contributed by atoms with E-state index in [2.05, 4.69) is 22.1 Å². The normalized spacial score (nSPS) is 16.8. The lowest BCUT2D eigenvalue weighted by Gasteiger charge is -2.27. The number of methoxy groups -OCH3 is 2. The predicted octanol–water partition coefficient (Wildman–Crippen LogP) is 4.08. The lowest BCUT2D eigenvalue weighted by Crippen LogP contribution is -2.28. The van der Waals surface area contributed by atoms with Crippen molar-refractivity contribution in [2.75, 3.05) is 20.8 Å². The van der Waals surface area contributed by atoms with Crippen LogP contribution in [0.1, 0.15) is 22.9 Å². The Morgan fingerprint density at radius 1 is 0.903 bits per heavy atom. The molecule has 6 heteroatoms. The first-order valence-electron chi connectivity index (χ1n) is 10.1. The number of benzene rings is 3. The molecule has 0 unspecified atom stereocenters. The summed E-state index contributed by atoms with van der Waals surface area (Å²) in [6, 6.07) is 25.5. The highest BCUT2D eigenvalue weighted by atomic mass is 16.5. The van der Waals surface area contributed by atoms with Crippen LogP contribution in [0.25, 0.3) is 0 Å². The highest BCUT2D eigenvalue weighted by Gasteiger charge is 2.39. The lowest BCUT2D eigenvalue weighted by molar-refractivity contribution is -0.128. The van der Waals surface area contributed by atoms with E-state index >= 15 is 0 Å². The zero-order valence-corrected chi connectivity index (χ0v) is 17.6. The SMILES string of the molecule is COc1ccc(/C=N\N2C(=O)CN(Cc3ccccc3)[C@H]2c2ccc(OC)cc2)cc1. The summed E-state index contributed by atoms with van der Waals surface area (Å²) in [5, 5.41) is 6.13. The predicted molar refractivity (Wildman–Crippen MR) is 120 cm³/mol. The Bertz CT molecular complexity index is 1030. The van der Waals surface area contributed by atoms with Gasteiger partial charge < -0.3 is 9.47 Å². The van der Waals surface area contributed by atoms with Crippen LogP contribution < -0.4 is 9.47 Å². The van der Waals surface area contributed by atoms with Crippen molar-refractivity contribution in [3.8, 4) is 11.5 Å². The van der Waals surface area contributed by atoms with Crippen molar-refractivity contribution in [1.29, 1.82) is 0 Å². The molecule has 1 saturated heterocycles. The van der Waals surface area contributed by atoms with E-state index < -0.39 is 0 Å². The Morgan fingerprint density at radius 3 is 2.13 bits per heavy atom. The van der Waals surface area contributed by atoms with Gasteiger partial charge >= 0.3 is 0 Å². The summed E-state index contributed by atoms with van der Waals surface area (Å²) in [7, 11) is 3.27. The fourth-order valence-corrected chi connectivity index (χ4v) is 3.66. The molecule has 1 amide bonds. The Hall–Kier alpha value is -3.64. The van der Waals surface area contributed by atoms with Crippen molar-refractivity contribution in [3.05, 3.63) is 95.6 Å². The van der Waals surface area contributed by atoms with Gasteiger partial charge in [-0.3, -0.25) is 9.69 Å². The maximum atomic E-state index is 12.9. The molecule has 1 atom stereocenters. The quantitative estimate of drug-likeness (QED) is 0.546. The second-order valence-corrected chi connectivity index (χ2v) is 7.29. The Labute approximate surface area is 182 Å². The topological polar surface area (TPSA) is 54.4 Å². The van der Waals surface area contributed by atoms with Gasteiger partial charge in [-0.25, -0.2) is 5.01 Å². The molecular formula is C25H25N3O3. The van der Waals surface area contributed by atoms with E-state index in [1.807, 2.05) is 66.7 Å². The zero-order valence-electron chi connectivity index (χ0n) is 17.6. The lowest BCUT2D eigenvalue weighted by atomic mass is 10.1. The number of nitrogens with zero attached hydrogens (tertiary/aromatic N) is 3. The minimum Gasteiger partial charge on any atom is -0.497 e. The highest BCUT2D eigenvalue weighted by Crippen LogP contribution is 2.33. The number of amides is 1. The Morgan fingerprint density at radius 2 is 1.52 bits per heavy atom. The third kappa shape index (κ3) is 4.75. The molecule has 1 fully saturated rings. The van der Waals surface area contributed by atoms with Crippen LogP contribution in [-0.4, -0.2) is 42.8 Å². The van der Waals surface area contributed by atoms with E-state index in [0.717, 1.165) is 28.2 Å². The van der Waals surface area contributed by atoms with Crippen LogP contribution in [0.15, 0.2) is 84.0 Å². The summed E-state index contributed by atoms with van der Waals surface area (Å²) in [5.41, 5.74) is 3.02. The van der Waals surface area contributed by atoms with Crippen LogP contribution in [-0.2, 0) is 11.3 Å². The van der Waals surface area contributed by atoms with Gasteiger partial charge in [-0.2, -0.15) is 5.10 Å². The Balaban J connectivity index is 1.63. The number of carbonyl (C=O) groups excluding carboxylic acids is 1. The number of hydrogen-bond donors (Lipinski definition) is 0. The molecule has 4 rings (SSSR count). The number of hydrogen-bond acceptors (Lipinski definition) is 5. The monoisotopic (exact) mass is 415 g/mol. The molecule has 0 radical (unpaired) electrons. The van der Waals surface area contributed by atoms with Gasteiger partial charge in [0.25, 0.3) is 5.91 Å². The van der Waals surface area contributed by atoms with Gasteiger partial charge in [0.2, 0.25) is 0 Å². The van der Waals surface area contributed by atoms with Gasteiger partial charge in [0, 0.05) is 6.54 Å². The third-order valence-corrected chi connectivity index (χ3v) is 5.26. The molecule has 1 heterocycles. The van der Waals surface area contributed by atoms with Gasteiger partial charge in [-0.05, 0) is 53.1 Å². The van der Waals surface area contributed by atoms with E-state index in [-0.39, 0.29) is 12.1 Å². The summed E-state index contributed by atoms with van der Waals surface area (Å²) < 4.78 is 10.5. The molecule has 6 nitrogen and oxygen atoms in total. The molecule has 3 aromatic rings. The summed E-state index contributed by atoms with van der Waals surface area (Å²) in [6.07, 6.45) is 1.41. The molecule has 158 valence electrons. The third-order valence-electron chi connectivity index (χ3n) is 5.26. The molecule has 3 aromatic carbocycles. The van der Waals surface area contributed by atoms with Gasteiger partial charge in [-0.1, -0.05) is 42.5 Å². The Kier molecular flexibility index (Phi) is 6.29. The average molecular weight is 415 g/mol. The van der Waals surface area contributed by atoms with Crippen molar-refractivity contribution in [3.63, 3.8) is 0 Å². The van der Waals surface area contributed by atoms with E-state index in [4.69, 9.17) is 9.47 Å². The summed E-state index contributed by atoms with van der Waals surface area (Å²) >= 11 is 0. The first-order chi connectivity index (χ1) is 15.2. The van der Waals surface area contributed by atoms with Crippen molar-refractivity contribution >= 4 is 12.1 Å². The second-order valence-electron chi connectivity index (χ2n) is 7.29. The molecule has 0 aromatic heterocycles. The summed E-state index contributed by atoms with van der Waals surface area (Å²) in [5.74, 6) is 1.51. The van der Waals surface area contributed by atoms with Crippen molar-refractivity contribution in [2.24, 2.45) is 5.10 Å². The molecule has 0 spiro atoms. The maximum absolute atomic E-state index is 12.9. The van der Waals surface area contributed by atoms with E-state index in [1.54, 1.807) is 25.4 Å². The second kappa shape index (κ2) is 9.45. The molecule has 0 saturated carbocycles. The number of hydrazone groups is 1. The van der Waals surface area contributed by atoms with Crippen molar-refractivity contribution in [1.82, 2.24) is 9.91 Å². The first-order valence-corrected chi connectivity index (χ1v) is 10.1. The number of rotatable bonds is 7. The standard InChI is InChI=1S/C25H25N3O3/c1-30-22-12-8-19(9-13-22)16-26-28-24(29)18-27(17-20-6-4-3-5-7-20)25(28)21-10-14-23(31-2)15-11-21/h3-16,25H,17-18H2,1-2H3/b26-16-/t25-/m1/s1. The molecule has 1 aliphatic heterocycles. The zero-order chi connectivity index (χ0) is 21.6. The van der Waals surface area contributed by atoms with Gasteiger partial charge in [0.05, 0.1) is 27.0 Å². The molecule has 31 heavy (non-hydrogen) atoms. The van der Waals surface area contributed by atoms with Crippen LogP contribution in [0.2, 0.25) is 0 Å². The largest absolute Gasteiger partial charge is 0.497 e. The smallest absolute Gasteiger partial charge is 0.258 e. The van der Waals surface area contributed by atoms with E-state index in [0.29, 0.717) is 13.1 Å². The van der Waals surface area contributed by atoms with Gasteiger partial charge in [0.1, 0.15) is 17.7 Å². The van der Waals surface area contributed by atoms with Crippen LogP contribution in [0.4, 0.5) is 0 Å². The first kappa shape index (κ1) is 20.6. The molecule has 1 aliphatic rings. The average Bonchev–Trinajstić information content (AvgIpc) is 3.13. The van der Waals surface area contributed by atoms with Crippen LogP contribution in [0.3, 0.4) is 0 Å². The molecule has 0 aliphatic carbocycles. The van der Waals surface area contributed by atoms with Gasteiger partial charge in [-0.15, -0.1) is 0 Å². The van der Waals surface area contributed by atoms with Crippen LogP contribution in [0, 0.1) is 0 Å². The fraction of sp³-hybridized carbons (Fsp3) is 0.200. The fourth-order valence-electron chi connectivity index (χ4n) is 3.66. The minimum absolute atomic E-state index is 0.0403. The number of ether oxygens (including phenoxy) is 2. The molecule has 0 N–H and O–H groups in total. The van der Waals surface area contributed by atoms with E-state index in [9.17, 15) is 4.79 Å². The van der Waals surface area contributed by atoms with Crippen molar-refractivity contribution < 1.29 is 14.3 Å². The molecule has 0 bridgehead atoms. The van der Waals surface area contributed by atoms with Crippen LogP contribution >= 0.6 is 0 Å². The molecular weight excluding hydrogens is 390 g/mol. The number of carbonyl (C=O) groups is 1. The minimum atomic E-state index is -0.298. The van der Waals surface area contributed by atoms with Crippen LogP contribution in [0.5, 0.6) is 11.5 Å². The summed E-state index contributed by atoms with van der Waals surface area (Å²) in [4.78, 5) is 15.1. The van der Waals surface area contributed by atoms with E-state index in [1.165, 1.54) is 0 Å². The maximum Gasteiger partial charge on any atom is 0.258 e. The summed E-state index contributed by atoms with van der Waals surface area (Å²) in [6.45, 7) is 0.948. The van der Waals surface area contributed by atoms with Crippen molar-refractivity contribution in [2.45, 2.75) is 12.7 Å². The highest BCUT2D eigenvalue weighted by molar-refractivity contribution is 5.84.